The van der Waals surface area contributed by atoms with E-state index >= 15 is 0 Å². The van der Waals surface area contributed by atoms with Gasteiger partial charge in [0, 0.05) is 22.7 Å². The number of methoxy groups -OCH3 is 1. The molecule has 0 spiro atoms. The number of nitrogens with one attached hydrogen (secondary N) is 1. The Kier molecular flexibility index (Phi) is 5.65. The zero-order chi connectivity index (χ0) is 15.4. The molecule has 1 heterocycles. The van der Waals surface area contributed by atoms with E-state index in [1.165, 1.54) is 7.11 Å². The molecule has 116 valence electrons. The minimum atomic E-state index is -0.281. The van der Waals surface area contributed by atoms with E-state index in [0.717, 1.165) is 48.2 Å². The van der Waals surface area contributed by atoms with Crippen LogP contribution in [0.2, 0.25) is 0 Å². The van der Waals surface area contributed by atoms with Crippen molar-refractivity contribution in [1.82, 2.24) is 5.32 Å². The van der Waals surface area contributed by atoms with Crippen molar-refractivity contribution in [2.24, 2.45) is 0 Å². The highest BCUT2D eigenvalue weighted by Gasteiger charge is 2.23. The van der Waals surface area contributed by atoms with Gasteiger partial charge in [0.15, 0.2) is 0 Å². The summed E-state index contributed by atoms with van der Waals surface area (Å²) in [6, 6.07) is 4.46. The maximum atomic E-state index is 12.0. The van der Waals surface area contributed by atoms with Gasteiger partial charge in [0.2, 0.25) is 0 Å². The van der Waals surface area contributed by atoms with Crippen LogP contribution in [0.4, 0.5) is 5.69 Å². The van der Waals surface area contributed by atoms with Crippen molar-refractivity contribution in [3.63, 3.8) is 0 Å². The fourth-order valence-corrected chi connectivity index (χ4v) is 3.47. The number of piperidine rings is 1. The summed E-state index contributed by atoms with van der Waals surface area (Å²) >= 11 is 3.52. The van der Waals surface area contributed by atoms with Crippen molar-refractivity contribution < 1.29 is 9.53 Å². The first-order valence-electron chi connectivity index (χ1n) is 7.44. The predicted octanol–water partition coefficient (Wildman–Crippen LogP) is 3.12. The van der Waals surface area contributed by atoms with E-state index in [0.29, 0.717) is 11.6 Å². The summed E-state index contributed by atoms with van der Waals surface area (Å²) < 4.78 is 5.81. The van der Waals surface area contributed by atoms with Crippen LogP contribution >= 0.6 is 15.9 Å². The van der Waals surface area contributed by atoms with Gasteiger partial charge in [0.1, 0.15) is 0 Å². The summed E-state index contributed by atoms with van der Waals surface area (Å²) in [7, 11) is 1.42. The highest BCUT2D eigenvalue weighted by Crippen LogP contribution is 2.31. The minimum absolute atomic E-state index is 0.281. The monoisotopic (exact) mass is 354 g/mol. The molecule has 1 N–H and O–H groups in total. The van der Waals surface area contributed by atoms with E-state index in [2.05, 4.69) is 39.1 Å². The van der Waals surface area contributed by atoms with Crippen LogP contribution < -0.4 is 10.2 Å². The Morgan fingerprint density at radius 2 is 2.10 bits per heavy atom. The molecule has 0 aliphatic carbocycles. The lowest BCUT2D eigenvalue weighted by molar-refractivity contribution is 0.0600. The Labute approximate surface area is 135 Å². The van der Waals surface area contributed by atoms with Crippen molar-refractivity contribution in [2.45, 2.75) is 32.7 Å². The number of anilines is 1. The molecular formula is C16H23BrN2O2. The van der Waals surface area contributed by atoms with Gasteiger partial charge in [0.05, 0.1) is 12.7 Å². The largest absolute Gasteiger partial charge is 0.465 e. The predicted molar refractivity (Wildman–Crippen MR) is 89.1 cm³/mol. The maximum absolute atomic E-state index is 12.0. The lowest BCUT2D eigenvalue weighted by Gasteiger charge is -2.37. The molecule has 5 heteroatoms. The third kappa shape index (κ3) is 3.58. The summed E-state index contributed by atoms with van der Waals surface area (Å²) in [4.78, 5) is 14.4. The number of carbonyl (C=O) groups excluding carboxylic acids is 1. The average Bonchev–Trinajstić information content (AvgIpc) is 2.51. The van der Waals surface area contributed by atoms with Gasteiger partial charge in [-0.25, -0.2) is 4.79 Å². The Balaban J connectivity index is 2.40. The molecule has 1 aliphatic rings. The van der Waals surface area contributed by atoms with E-state index in [4.69, 9.17) is 4.74 Å². The maximum Gasteiger partial charge on any atom is 0.338 e. The summed E-state index contributed by atoms with van der Waals surface area (Å²) in [6.45, 7) is 7.21. The molecule has 0 radical (unpaired) electrons. The summed E-state index contributed by atoms with van der Waals surface area (Å²) in [6.07, 6.45) is 2.26. The molecule has 0 unspecified atom stereocenters. The normalized spacial score (nSPS) is 15.8. The highest BCUT2D eigenvalue weighted by molar-refractivity contribution is 9.10. The van der Waals surface area contributed by atoms with Crippen molar-refractivity contribution in [2.75, 3.05) is 31.6 Å². The first-order chi connectivity index (χ1) is 10.1. The van der Waals surface area contributed by atoms with Crippen LogP contribution in [-0.2, 0) is 4.74 Å². The van der Waals surface area contributed by atoms with Gasteiger partial charge in [-0.15, -0.1) is 0 Å². The molecule has 2 rings (SSSR count). The summed E-state index contributed by atoms with van der Waals surface area (Å²) in [5.74, 6) is -0.281. The molecule has 0 bridgehead atoms. The summed E-state index contributed by atoms with van der Waals surface area (Å²) in [5, 5.41) is 3.40. The summed E-state index contributed by atoms with van der Waals surface area (Å²) in [5.41, 5.74) is 2.75. The topological polar surface area (TPSA) is 41.6 Å². The number of ether oxygens (including phenoxy) is 1. The van der Waals surface area contributed by atoms with Crippen LogP contribution in [0.5, 0.6) is 0 Å². The molecule has 1 aromatic carbocycles. The molecule has 0 atom stereocenters. The first-order valence-corrected chi connectivity index (χ1v) is 8.23. The zero-order valence-electron chi connectivity index (χ0n) is 12.9. The minimum Gasteiger partial charge on any atom is -0.465 e. The van der Waals surface area contributed by atoms with E-state index < -0.39 is 0 Å². The van der Waals surface area contributed by atoms with Crippen molar-refractivity contribution in [3.05, 3.63) is 27.7 Å². The van der Waals surface area contributed by atoms with Gasteiger partial charge < -0.3 is 15.0 Å². The molecule has 1 aromatic rings. The molecule has 1 saturated heterocycles. The Hall–Kier alpha value is -1.07. The number of hydrogen-bond acceptors (Lipinski definition) is 4. The highest BCUT2D eigenvalue weighted by atomic mass is 79.9. The van der Waals surface area contributed by atoms with Crippen LogP contribution in [0.15, 0.2) is 16.6 Å². The quantitative estimate of drug-likeness (QED) is 0.843. The smallest absolute Gasteiger partial charge is 0.338 e. The van der Waals surface area contributed by atoms with Gasteiger partial charge in [-0.1, -0.05) is 15.9 Å². The van der Waals surface area contributed by atoms with Gasteiger partial charge >= 0.3 is 5.97 Å². The van der Waals surface area contributed by atoms with Gasteiger partial charge in [-0.3, -0.25) is 0 Å². The number of halogens is 1. The average molecular weight is 355 g/mol. The number of esters is 1. The van der Waals surface area contributed by atoms with E-state index in [1.54, 1.807) is 0 Å². The third-order valence-electron chi connectivity index (χ3n) is 4.15. The Morgan fingerprint density at radius 3 is 2.67 bits per heavy atom. The van der Waals surface area contributed by atoms with E-state index in [-0.39, 0.29) is 5.97 Å². The molecule has 21 heavy (non-hydrogen) atoms. The number of benzene rings is 1. The number of rotatable bonds is 4. The first kappa shape index (κ1) is 16.3. The lowest BCUT2D eigenvalue weighted by Crippen LogP contribution is -2.43. The van der Waals surface area contributed by atoms with Crippen LogP contribution in [0.3, 0.4) is 0 Å². The fraction of sp³-hybridized carbons (Fsp3) is 0.562. The fourth-order valence-electron chi connectivity index (χ4n) is 3.03. The second-order valence-electron chi connectivity index (χ2n) is 5.36. The van der Waals surface area contributed by atoms with E-state index in [9.17, 15) is 4.79 Å². The number of nitrogens with zero attached hydrogens (tertiary/aromatic N) is 1. The van der Waals surface area contributed by atoms with Crippen LogP contribution in [0, 0.1) is 6.92 Å². The van der Waals surface area contributed by atoms with Crippen LogP contribution in [0.1, 0.15) is 35.7 Å². The molecule has 1 fully saturated rings. The molecule has 0 amide bonds. The molecule has 4 nitrogen and oxygen atoms in total. The van der Waals surface area contributed by atoms with Crippen molar-refractivity contribution in [1.29, 1.82) is 0 Å². The van der Waals surface area contributed by atoms with Gasteiger partial charge in [0.25, 0.3) is 0 Å². The molecule has 1 aliphatic heterocycles. The molecule has 0 saturated carbocycles. The van der Waals surface area contributed by atoms with Gasteiger partial charge in [-0.2, -0.15) is 0 Å². The number of carbonyl (C=O) groups is 1. The standard InChI is InChI=1S/C16H23BrN2O2/c1-4-19(13-5-7-18-8-6-13)15-10-12(17)9-14(11(15)2)16(20)21-3/h9-10,13,18H,4-8H2,1-3H3. The second kappa shape index (κ2) is 7.27. The molecule has 0 aromatic heterocycles. The second-order valence-corrected chi connectivity index (χ2v) is 6.27. The number of hydrogen-bond donors (Lipinski definition) is 1. The SMILES string of the molecule is CCN(c1cc(Br)cc(C(=O)OC)c1C)C1CCNCC1. The third-order valence-corrected chi connectivity index (χ3v) is 4.61. The van der Waals surface area contributed by atoms with Crippen molar-refractivity contribution in [3.8, 4) is 0 Å². The van der Waals surface area contributed by atoms with Crippen molar-refractivity contribution >= 4 is 27.6 Å². The molecular weight excluding hydrogens is 332 g/mol. The lowest BCUT2D eigenvalue weighted by atomic mass is 10.0. The van der Waals surface area contributed by atoms with E-state index in [1.807, 2.05) is 13.0 Å². The zero-order valence-corrected chi connectivity index (χ0v) is 14.5. The Bertz CT molecular complexity index is 513. The van der Waals surface area contributed by atoms with Gasteiger partial charge in [-0.05, 0) is 57.5 Å². The van der Waals surface area contributed by atoms with Crippen LogP contribution in [-0.4, -0.2) is 38.8 Å². The Morgan fingerprint density at radius 1 is 1.43 bits per heavy atom. The van der Waals surface area contributed by atoms with Crippen LogP contribution in [0.25, 0.3) is 0 Å².